The van der Waals surface area contributed by atoms with Crippen LogP contribution in [-0.2, 0) is 0 Å². The summed E-state index contributed by atoms with van der Waals surface area (Å²) in [6.07, 6.45) is 2.02. The Labute approximate surface area is 92.9 Å². The highest BCUT2D eigenvalue weighted by Gasteiger charge is 1.99. The van der Waals surface area contributed by atoms with Crippen molar-refractivity contribution in [3.8, 4) is 0 Å². The topological polar surface area (TPSA) is 0 Å². The Bertz CT molecular complexity index is 311. The number of halogens is 2. The smallest absolute Gasteiger partial charge is 0.0426 e. The van der Waals surface area contributed by atoms with Crippen LogP contribution in [0.15, 0.2) is 23.6 Å². The fraction of sp³-hybridized carbons (Fsp3) is 0.200. The van der Waals surface area contributed by atoms with E-state index in [0.717, 1.165) is 5.56 Å². The lowest BCUT2D eigenvalue weighted by Gasteiger charge is -2.02. The van der Waals surface area contributed by atoms with Gasteiger partial charge in [-0.3, -0.25) is 0 Å². The minimum absolute atomic E-state index is 0.677. The quantitative estimate of drug-likeness (QED) is 0.712. The molecule has 0 aliphatic heterocycles. The van der Waals surface area contributed by atoms with Crippen LogP contribution in [0.4, 0.5) is 0 Å². The second-order valence-electron chi connectivity index (χ2n) is 2.69. The van der Waals surface area contributed by atoms with Gasteiger partial charge in [-0.1, -0.05) is 23.2 Å². The SMILES string of the molecule is CSC=C(C)c1cc(Cl)cc(Cl)c1. The van der Waals surface area contributed by atoms with E-state index in [9.17, 15) is 0 Å². The van der Waals surface area contributed by atoms with E-state index in [-0.39, 0.29) is 0 Å². The van der Waals surface area contributed by atoms with E-state index in [1.807, 2.05) is 25.3 Å². The van der Waals surface area contributed by atoms with Crippen molar-refractivity contribution in [3.05, 3.63) is 39.2 Å². The highest BCUT2D eigenvalue weighted by molar-refractivity contribution is 8.01. The molecule has 0 amide bonds. The van der Waals surface area contributed by atoms with Gasteiger partial charge in [0, 0.05) is 10.0 Å². The summed E-state index contributed by atoms with van der Waals surface area (Å²) in [5.41, 5.74) is 2.25. The summed E-state index contributed by atoms with van der Waals surface area (Å²) >= 11 is 13.4. The Morgan fingerprint density at radius 3 is 2.23 bits per heavy atom. The summed E-state index contributed by atoms with van der Waals surface area (Å²) in [6, 6.07) is 5.56. The van der Waals surface area contributed by atoms with Crippen LogP contribution in [0.5, 0.6) is 0 Å². The number of thioether (sulfide) groups is 1. The average molecular weight is 233 g/mol. The van der Waals surface area contributed by atoms with Gasteiger partial charge in [-0.2, -0.15) is 0 Å². The van der Waals surface area contributed by atoms with Crippen LogP contribution in [0.2, 0.25) is 10.0 Å². The van der Waals surface area contributed by atoms with E-state index in [1.165, 1.54) is 5.57 Å². The highest BCUT2D eigenvalue weighted by atomic mass is 35.5. The molecule has 0 radical (unpaired) electrons. The van der Waals surface area contributed by atoms with Crippen molar-refractivity contribution in [2.45, 2.75) is 6.92 Å². The minimum Gasteiger partial charge on any atom is -0.137 e. The van der Waals surface area contributed by atoms with Gasteiger partial charge in [0.2, 0.25) is 0 Å². The van der Waals surface area contributed by atoms with Gasteiger partial charge in [-0.15, -0.1) is 11.8 Å². The molecule has 0 aliphatic carbocycles. The highest BCUT2D eigenvalue weighted by Crippen LogP contribution is 2.24. The van der Waals surface area contributed by atoms with Crippen molar-refractivity contribution < 1.29 is 0 Å². The zero-order valence-corrected chi connectivity index (χ0v) is 9.80. The average Bonchev–Trinajstić information content (AvgIpc) is 2.03. The first-order chi connectivity index (χ1) is 6.13. The number of benzene rings is 1. The first-order valence-electron chi connectivity index (χ1n) is 3.79. The molecular weight excluding hydrogens is 223 g/mol. The van der Waals surface area contributed by atoms with Crippen molar-refractivity contribution in [1.29, 1.82) is 0 Å². The lowest BCUT2D eigenvalue weighted by Crippen LogP contribution is -1.79. The van der Waals surface area contributed by atoms with Crippen molar-refractivity contribution in [3.63, 3.8) is 0 Å². The number of hydrogen-bond donors (Lipinski definition) is 0. The molecule has 3 heteroatoms. The van der Waals surface area contributed by atoms with Gasteiger partial charge in [-0.25, -0.2) is 0 Å². The minimum atomic E-state index is 0.677. The molecule has 0 N–H and O–H groups in total. The molecule has 0 unspecified atom stereocenters. The second-order valence-corrected chi connectivity index (χ2v) is 4.27. The summed E-state index contributed by atoms with van der Waals surface area (Å²) < 4.78 is 0. The summed E-state index contributed by atoms with van der Waals surface area (Å²) in [7, 11) is 0. The molecule has 13 heavy (non-hydrogen) atoms. The number of allylic oxidation sites excluding steroid dienone is 1. The van der Waals surface area contributed by atoms with Gasteiger partial charge in [0.15, 0.2) is 0 Å². The van der Waals surface area contributed by atoms with Crippen LogP contribution in [-0.4, -0.2) is 6.26 Å². The molecule has 0 aliphatic rings. The third kappa shape index (κ3) is 3.26. The summed E-state index contributed by atoms with van der Waals surface area (Å²) in [5.74, 6) is 0. The van der Waals surface area contributed by atoms with Gasteiger partial charge in [0.05, 0.1) is 0 Å². The fourth-order valence-electron chi connectivity index (χ4n) is 1.03. The van der Waals surface area contributed by atoms with E-state index >= 15 is 0 Å². The first-order valence-corrected chi connectivity index (χ1v) is 5.84. The largest absolute Gasteiger partial charge is 0.137 e. The van der Waals surface area contributed by atoms with Crippen LogP contribution >= 0.6 is 35.0 Å². The second kappa shape index (κ2) is 4.94. The van der Waals surface area contributed by atoms with E-state index in [2.05, 4.69) is 5.41 Å². The maximum atomic E-state index is 5.88. The van der Waals surface area contributed by atoms with Crippen LogP contribution in [0, 0.1) is 0 Å². The van der Waals surface area contributed by atoms with E-state index in [0.29, 0.717) is 10.0 Å². The third-order valence-electron chi connectivity index (χ3n) is 1.61. The lowest BCUT2D eigenvalue weighted by molar-refractivity contribution is 1.58. The van der Waals surface area contributed by atoms with Gasteiger partial charge in [0.25, 0.3) is 0 Å². The van der Waals surface area contributed by atoms with Gasteiger partial charge >= 0.3 is 0 Å². The molecule has 70 valence electrons. The van der Waals surface area contributed by atoms with Crippen LogP contribution in [0.3, 0.4) is 0 Å². The Morgan fingerprint density at radius 2 is 1.77 bits per heavy atom. The van der Waals surface area contributed by atoms with Crippen LogP contribution in [0.1, 0.15) is 12.5 Å². The normalized spacial score (nSPS) is 11.8. The molecule has 1 aromatic rings. The van der Waals surface area contributed by atoms with E-state index in [4.69, 9.17) is 23.2 Å². The fourth-order valence-corrected chi connectivity index (χ4v) is 2.04. The molecule has 1 rings (SSSR count). The van der Waals surface area contributed by atoms with Crippen molar-refractivity contribution in [2.75, 3.05) is 6.26 Å². The summed E-state index contributed by atoms with van der Waals surface area (Å²) in [6.45, 7) is 2.04. The standard InChI is InChI=1S/C10H10Cl2S/c1-7(6-13-2)8-3-9(11)5-10(12)4-8/h3-6H,1-2H3. The molecule has 0 fully saturated rings. The molecule has 1 aromatic carbocycles. The van der Waals surface area contributed by atoms with Gasteiger partial charge in [-0.05, 0) is 47.9 Å². The van der Waals surface area contributed by atoms with Crippen molar-refractivity contribution >= 4 is 40.5 Å². The molecule has 0 heterocycles. The van der Waals surface area contributed by atoms with Crippen LogP contribution in [0.25, 0.3) is 5.57 Å². The monoisotopic (exact) mass is 232 g/mol. The Kier molecular flexibility index (Phi) is 4.17. The van der Waals surface area contributed by atoms with Gasteiger partial charge < -0.3 is 0 Å². The first kappa shape index (κ1) is 11.0. The van der Waals surface area contributed by atoms with Gasteiger partial charge in [0.1, 0.15) is 0 Å². The zero-order valence-electron chi connectivity index (χ0n) is 7.47. The zero-order chi connectivity index (χ0) is 9.84. The maximum absolute atomic E-state index is 5.88. The molecule has 0 nitrogen and oxygen atoms in total. The van der Waals surface area contributed by atoms with Crippen molar-refractivity contribution in [2.24, 2.45) is 0 Å². The molecule has 0 spiro atoms. The molecule has 0 saturated carbocycles. The Balaban J connectivity index is 3.08. The Hall–Kier alpha value is -0.110. The lowest BCUT2D eigenvalue weighted by atomic mass is 10.1. The van der Waals surface area contributed by atoms with E-state index < -0.39 is 0 Å². The predicted octanol–water partition coefficient (Wildman–Crippen LogP) is 4.72. The Morgan fingerprint density at radius 1 is 1.23 bits per heavy atom. The summed E-state index contributed by atoms with van der Waals surface area (Å²) in [5, 5.41) is 3.43. The van der Waals surface area contributed by atoms with E-state index in [1.54, 1.807) is 17.8 Å². The van der Waals surface area contributed by atoms with Crippen LogP contribution < -0.4 is 0 Å². The number of hydrogen-bond acceptors (Lipinski definition) is 1. The third-order valence-corrected chi connectivity index (χ3v) is 2.64. The maximum Gasteiger partial charge on any atom is 0.0426 e. The predicted molar refractivity (Wildman–Crippen MR) is 63.6 cm³/mol. The molecular formula is C10H10Cl2S. The summed E-state index contributed by atoms with van der Waals surface area (Å²) in [4.78, 5) is 0. The molecule has 0 saturated heterocycles. The number of rotatable bonds is 2. The van der Waals surface area contributed by atoms with Crippen molar-refractivity contribution in [1.82, 2.24) is 0 Å². The molecule has 0 bridgehead atoms. The molecule has 0 atom stereocenters. The molecule has 0 aromatic heterocycles.